The van der Waals surface area contributed by atoms with E-state index in [9.17, 15) is 9.50 Å². The lowest BCUT2D eigenvalue weighted by atomic mass is 9.82. The Balaban J connectivity index is 1.77. The quantitative estimate of drug-likeness (QED) is 0.881. The Kier molecular flexibility index (Phi) is 4.11. The highest BCUT2D eigenvalue weighted by atomic mass is 35.5. The van der Waals surface area contributed by atoms with Gasteiger partial charge >= 0.3 is 0 Å². The van der Waals surface area contributed by atoms with Gasteiger partial charge in [0.25, 0.3) is 0 Å². The Morgan fingerprint density at radius 2 is 2.25 bits per heavy atom. The van der Waals surface area contributed by atoms with Gasteiger partial charge in [-0.3, -0.25) is 0 Å². The summed E-state index contributed by atoms with van der Waals surface area (Å²) >= 11 is 7.45. The van der Waals surface area contributed by atoms with E-state index in [1.54, 1.807) is 23.5 Å². The van der Waals surface area contributed by atoms with Gasteiger partial charge in [-0.2, -0.15) is 0 Å². The zero-order valence-electron chi connectivity index (χ0n) is 11.0. The van der Waals surface area contributed by atoms with E-state index in [1.165, 1.54) is 16.5 Å². The van der Waals surface area contributed by atoms with E-state index in [-0.39, 0.29) is 10.9 Å². The van der Waals surface area contributed by atoms with Gasteiger partial charge < -0.3 is 5.11 Å². The van der Waals surface area contributed by atoms with Crippen LogP contribution in [0.3, 0.4) is 0 Å². The monoisotopic (exact) mass is 310 g/mol. The molecule has 0 fully saturated rings. The summed E-state index contributed by atoms with van der Waals surface area (Å²) in [6.07, 6.45) is 3.23. The van der Waals surface area contributed by atoms with Gasteiger partial charge in [-0.05, 0) is 60.4 Å². The lowest BCUT2D eigenvalue weighted by Crippen LogP contribution is -2.24. The first kappa shape index (κ1) is 14.1. The fraction of sp³-hybridized carbons (Fsp3) is 0.375. The van der Waals surface area contributed by atoms with Crippen LogP contribution in [0.1, 0.15) is 34.8 Å². The summed E-state index contributed by atoms with van der Waals surface area (Å²) in [4.78, 5) is 1.39. The number of aliphatic hydroxyl groups excluding tert-OH is 1. The molecule has 0 aliphatic heterocycles. The molecule has 1 aliphatic carbocycles. The highest BCUT2D eigenvalue weighted by molar-refractivity contribution is 7.10. The molecule has 0 spiro atoms. The Hall–Kier alpha value is -0.900. The lowest BCUT2D eigenvalue weighted by Gasteiger charge is -2.27. The molecule has 3 rings (SSSR count). The summed E-state index contributed by atoms with van der Waals surface area (Å²) < 4.78 is 13.4. The fourth-order valence-corrected chi connectivity index (χ4v) is 4.09. The van der Waals surface area contributed by atoms with Crippen LogP contribution in [0.15, 0.2) is 29.6 Å². The first-order valence-corrected chi connectivity index (χ1v) is 8.09. The largest absolute Gasteiger partial charge is 0.392 e. The molecule has 1 nitrogen and oxygen atoms in total. The summed E-state index contributed by atoms with van der Waals surface area (Å²) in [7, 11) is 0. The molecule has 1 aromatic carbocycles. The van der Waals surface area contributed by atoms with Crippen LogP contribution in [0, 0.1) is 5.82 Å². The van der Waals surface area contributed by atoms with E-state index in [0.717, 1.165) is 24.8 Å². The Morgan fingerprint density at radius 1 is 1.40 bits per heavy atom. The second-order valence-corrected chi connectivity index (χ2v) is 6.73. The van der Waals surface area contributed by atoms with Gasteiger partial charge in [-0.1, -0.05) is 17.7 Å². The van der Waals surface area contributed by atoms with Crippen molar-refractivity contribution in [3.05, 3.63) is 56.5 Å². The first-order valence-electron chi connectivity index (χ1n) is 6.83. The van der Waals surface area contributed by atoms with Crippen molar-refractivity contribution in [1.82, 2.24) is 0 Å². The third-order valence-electron chi connectivity index (χ3n) is 3.99. The predicted octanol–water partition coefficient (Wildman–Crippen LogP) is 4.56. The molecular formula is C16H16ClFOS. The van der Waals surface area contributed by atoms with Crippen molar-refractivity contribution in [2.45, 2.75) is 37.7 Å². The maximum atomic E-state index is 13.4. The number of aryl methyl sites for hydroxylation is 1. The molecule has 1 aromatic heterocycles. The number of hydrogen-bond acceptors (Lipinski definition) is 2. The Bertz CT molecular complexity index is 610. The first-order chi connectivity index (χ1) is 9.65. The minimum absolute atomic E-state index is 0.126. The van der Waals surface area contributed by atoms with Crippen LogP contribution >= 0.6 is 22.9 Å². The van der Waals surface area contributed by atoms with E-state index < -0.39 is 11.9 Å². The molecule has 1 aliphatic rings. The van der Waals surface area contributed by atoms with Crippen LogP contribution in [0.4, 0.5) is 4.39 Å². The van der Waals surface area contributed by atoms with E-state index in [2.05, 4.69) is 11.4 Å². The van der Waals surface area contributed by atoms with Gasteiger partial charge in [0.05, 0.1) is 11.1 Å². The normalized spacial score (nSPS) is 19.6. The zero-order valence-corrected chi connectivity index (χ0v) is 12.6. The summed E-state index contributed by atoms with van der Waals surface area (Å²) in [5.41, 5.74) is 2.07. The molecule has 0 bridgehead atoms. The standard InChI is InChI=1S/C16H16ClFOS/c17-13-5-4-10(8-14(13)18)9-15(19)11-2-1-3-16-12(11)6-7-20-16/h4-8,11,15,19H,1-3,9H2. The molecule has 2 unspecified atom stereocenters. The van der Waals surface area contributed by atoms with Crippen molar-refractivity contribution >= 4 is 22.9 Å². The van der Waals surface area contributed by atoms with Crippen molar-refractivity contribution in [3.63, 3.8) is 0 Å². The molecule has 0 radical (unpaired) electrons. The van der Waals surface area contributed by atoms with Gasteiger partial charge in [0, 0.05) is 10.8 Å². The van der Waals surface area contributed by atoms with Gasteiger partial charge in [-0.25, -0.2) is 4.39 Å². The fourth-order valence-electron chi connectivity index (χ4n) is 2.97. The van der Waals surface area contributed by atoms with Gasteiger partial charge in [0.15, 0.2) is 0 Å². The summed E-state index contributed by atoms with van der Waals surface area (Å²) in [5.74, 6) is -0.250. The summed E-state index contributed by atoms with van der Waals surface area (Å²) in [6, 6.07) is 6.88. The van der Waals surface area contributed by atoms with Crippen molar-refractivity contribution in [3.8, 4) is 0 Å². The molecule has 0 amide bonds. The predicted molar refractivity (Wildman–Crippen MR) is 81.1 cm³/mol. The maximum absolute atomic E-state index is 13.4. The van der Waals surface area contributed by atoms with Crippen LogP contribution < -0.4 is 0 Å². The van der Waals surface area contributed by atoms with Crippen LogP contribution in [-0.4, -0.2) is 11.2 Å². The smallest absolute Gasteiger partial charge is 0.142 e. The molecule has 0 saturated heterocycles. The third kappa shape index (κ3) is 2.76. The van der Waals surface area contributed by atoms with Gasteiger partial charge in [0.2, 0.25) is 0 Å². The number of rotatable bonds is 3. The highest BCUT2D eigenvalue weighted by Crippen LogP contribution is 2.37. The van der Waals surface area contributed by atoms with Crippen LogP contribution in [-0.2, 0) is 12.8 Å². The second-order valence-electron chi connectivity index (χ2n) is 5.32. The number of fused-ring (bicyclic) bond motifs is 1. The summed E-state index contributed by atoms with van der Waals surface area (Å²) in [6.45, 7) is 0. The van der Waals surface area contributed by atoms with E-state index in [1.807, 2.05) is 0 Å². The van der Waals surface area contributed by atoms with Crippen LogP contribution in [0.25, 0.3) is 0 Å². The molecule has 1 N–H and O–H groups in total. The van der Waals surface area contributed by atoms with E-state index >= 15 is 0 Å². The molecule has 106 valence electrons. The molecule has 2 aromatic rings. The van der Waals surface area contributed by atoms with E-state index in [4.69, 9.17) is 11.6 Å². The Labute approximate surface area is 127 Å². The van der Waals surface area contributed by atoms with Crippen LogP contribution in [0.5, 0.6) is 0 Å². The topological polar surface area (TPSA) is 20.2 Å². The van der Waals surface area contributed by atoms with E-state index in [0.29, 0.717) is 6.42 Å². The van der Waals surface area contributed by atoms with Crippen molar-refractivity contribution in [1.29, 1.82) is 0 Å². The SMILES string of the molecule is OC(Cc1ccc(Cl)c(F)c1)C1CCCc2sccc21. The average Bonchev–Trinajstić information content (AvgIpc) is 2.91. The molecule has 1 heterocycles. The molecule has 4 heteroatoms. The molecule has 2 atom stereocenters. The maximum Gasteiger partial charge on any atom is 0.142 e. The number of thiophene rings is 1. The minimum atomic E-state index is -0.468. The number of aliphatic hydroxyl groups is 1. The Morgan fingerprint density at radius 3 is 3.05 bits per heavy atom. The second kappa shape index (κ2) is 5.84. The minimum Gasteiger partial charge on any atom is -0.392 e. The number of halogens is 2. The summed E-state index contributed by atoms with van der Waals surface area (Å²) in [5, 5.41) is 12.7. The molecule has 20 heavy (non-hydrogen) atoms. The zero-order chi connectivity index (χ0) is 14.1. The van der Waals surface area contributed by atoms with Crippen molar-refractivity contribution in [2.75, 3.05) is 0 Å². The lowest BCUT2D eigenvalue weighted by molar-refractivity contribution is 0.135. The van der Waals surface area contributed by atoms with Crippen molar-refractivity contribution in [2.24, 2.45) is 0 Å². The number of benzene rings is 1. The highest BCUT2D eigenvalue weighted by Gasteiger charge is 2.27. The molecular weight excluding hydrogens is 295 g/mol. The molecule has 0 saturated carbocycles. The van der Waals surface area contributed by atoms with Gasteiger partial charge in [-0.15, -0.1) is 11.3 Å². The third-order valence-corrected chi connectivity index (χ3v) is 5.29. The van der Waals surface area contributed by atoms with Crippen molar-refractivity contribution < 1.29 is 9.50 Å². The number of hydrogen-bond donors (Lipinski definition) is 1. The average molecular weight is 311 g/mol. The van der Waals surface area contributed by atoms with Gasteiger partial charge in [0.1, 0.15) is 5.82 Å². The van der Waals surface area contributed by atoms with Crippen LogP contribution in [0.2, 0.25) is 5.02 Å².